The van der Waals surface area contributed by atoms with Gasteiger partial charge in [-0.25, -0.2) is 5.01 Å². The average molecular weight is 218 g/mol. The van der Waals surface area contributed by atoms with Crippen molar-refractivity contribution >= 4 is 23.0 Å². The quantitative estimate of drug-likeness (QED) is 0.737. The van der Waals surface area contributed by atoms with Crippen molar-refractivity contribution < 1.29 is 14.7 Å². The SMILES string of the molecule is O=C(O)CSC(=O)NN1CCCCC1. The van der Waals surface area contributed by atoms with Crippen molar-refractivity contribution in [2.24, 2.45) is 0 Å². The molecule has 14 heavy (non-hydrogen) atoms. The molecule has 1 aliphatic rings. The zero-order valence-electron chi connectivity index (χ0n) is 7.86. The van der Waals surface area contributed by atoms with Crippen molar-refractivity contribution in [3.05, 3.63) is 0 Å². The van der Waals surface area contributed by atoms with Crippen molar-refractivity contribution in [1.29, 1.82) is 0 Å². The molecule has 1 heterocycles. The molecule has 0 aromatic carbocycles. The third-order valence-electron chi connectivity index (χ3n) is 1.93. The number of carboxylic acid groups (broad SMARTS) is 1. The second-order valence-corrected chi connectivity index (χ2v) is 4.08. The number of hydrazine groups is 1. The van der Waals surface area contributed by atoms with Crippen LogP contribution in [0.15, 0.2) is 0 Å². The minimum Gasteiger partial charge on any atom is -0.481 e. The van der Waals surface area contributed by atoms with Crippen LogP contribution in [0.3, 0.4) is 0 Å². The van der Waals surface area contributed by atoms with Crippen molar-refractivity contribution in [2.75, 3.05) is 18.8 Å². The zero-order chi connectivity index (χ0) is 10.4. The molecule has 1 aliphatic heterocycles. The first-order valence-corrected chi connectivity index (χ1v) is 5.57. The van der Waals surface area contributed by atoms with Gasteiger partial charge in [0.2, 0.25) is 0 Å². The molecule has 1 amide bonds. The van der Waals surface area contributed by atoms with Crippen LogP contribution in [0, 0.1) is 0 Å². The van der Waals surface area contributed by atoms with Gasteiger partial charge in [0.05, 0.1) is 0 Å². The number of rotatable bonds is 3. The van der Waals surface area contributed by atoms with Crippen LogP contribution in [0.25, 0.3) is 0 Å². The normalized spacial score (nSPS) is 17.7. The molecule has 1 rings (SSSR count). The van der Waals surface area contributed by atoms with Crippen molar-refractivity contribution in [1.82, 2.24) is 10.4 Å². The highest BCUT2D eigenvalue weighted by molar-refractivity contribution is 8.14. The second kappa shape index (κ2) is 5.87. The summed E-state index contributed by atoms with van der Waals surface area (Å²) >= 11 is 0.787. The number of aliphatic carboxylic acids is 1. The van der Waals surface area contributed by atoms with Crippen molar-refractivity contribution in [2.45, 2.75) is 19.3 Å². The topological polar surface area (TPSA) is 69.6 Å². The molecule has 0 aliphatic carbocycles. The molecule has 0 bridgehead atoms. The minimum atomic E-state index is -0.969. The molecule has 5 nitrogen and oxygen atoms in total. The van der Waals surface area contributed by atoms with Gasteiger partial charge in [-0.15, -0.1) is 0 Å². The monoisotopic (exact) mass is 218 g/mol. The number of nitrogens with zero attached hydrogens (tertiary/aromatic N) is 1. The number of amides is 1. The smallest absolute Gasteiger partial charge is 0.314 e. The Balaban J connectivity index is 2.15. The van der Waals surface area contributed by atoms with Gasteiger partial charge in [-0.1, -0.05) is 18.2 Å². The number of carbonyl (C=O) groups is 2. The fourth-order valence-corrected chi connectivity index (χ4v) is 1.74. The molecule has 1 saturated heterocycles. The van der Waals surface area contributed by atoms with E-state index in [2.05, 4.69) is 5.43 Å². The molecule has 0 unspecified atom stereocenters. The molecule has 1 fully saturated rings. The molecular formula is C8H14N2O3S. The lowest BCUT2D eigenvalue weighted by Crippen LogP contribution is -2.43. The van der Waals surface area contributed by atoms with E-state index in [0.717, 1.165) is 37.7 Å². The number of thioether (sulfide) groups is 1. The van der Waals surface area contributed by atoms with Gasteiger partial charge in [0, 0.05) is 13.1 Å². The van der Waals surface area contributed by atoms with Crippen LogP contribution in [0.5, 0.6) is 0 Å². The molecule has 0 aromatic rings. The van der Waals surface area contributed by atoms with Gasteiger partial charge in [-0.05, 0) is 12.8 Å². The lowest BCUT2D eigenvalue weighted by molar-refractivity contribution is -0.133. The summed E-state index contributed by atoms with van der Waals surface area (Å²) in [6.45, 7) is 1.72. The summed E-state index contributed by atoms with van der Waals surface area (Å²) in [5, 5.41) is 9.92. The number of hydrogen-bond acceptors (Lipinski definition) is 4. The molecule has 0 saturated carbocycles. The Bertz CT molecular complexity index is 217. The van der Waals surface area contributed by atoms with E-state index < -0.39 is 5.97 Å². The molecule has 80 valence electrons. The van der Waals surface area contributed by atoms with Crippen LogP contribution in [0.4, 0.5) is 4.79 Å². The summed E-state index contributed by atoms with van der Waals surface area (Å²) < 4.78 is 0. The number of nitrogens with one attached hydrogen (secondary N) is 1. The van der Waals surface area contributed by atoms with E-state index >= 15 is 0 Å². The maximum atomic E-state index is 11.2. The molecule has 6 heteroatoms. The maximum Gasteiger partial charge on any atom is 0.314 e. The summed E-state index contributed by atoms with van der Waals surface area (Å²) in [7, 11) is 0. The molecule has 0 spiro atoms. The first-order chi connectivity index (χ1) is 6.68. The number of piperidine rings is 1. The Kier molecular flexibility index (Phi) is 4.75. The van der Waals surface area contributed by atoms with Crippen molar-refractivity contribution in [3.63, 3.8) is 0 Å². The predicted octanol–water partition coefficient (Wildman–Crippen LogP) is 0.915. The average Bonchev–Trinajstić information content (AvgIpc) is 2.16. The van der Waals surface area contributed by atoms with Gasteiger partial charge in [0.1, 0.15) is 5.75 Å². The van der Waals surface area contributed by atoms with Gasteiger partial charge in [0.15, 0.2) is 0 Å². The third kappa shape index (κ3) is 4.48. The Morgan fingerprint density at radius 1 is 1.29 bits per heavy atom. The summed E-state index contributed by atoms with van der Waals surface area (Å²) in [5.74, 6) is -1.15. The van der Waals surface area contributed by atoms with E-state index in [1.165, 1.54) is 6.42 Å². The first kappa shape index (κ1) is 11.3. The Labute approximate surface area is 86.8 Å². The van der Waals surface area contributed by atoms with Crippen LogP contribution >= 0.6 is 11.8 Å². The van der Waals surface area contributed by atoms with E-state index in [0.29, 0.717) is 0 Å². The Morgan fingerprint density at radius 2 is 1.93 bits per heavy atom. The van der Waals surface area contributed by atoms with Gasteiger partial charge in [-0.3, -0.25) is 15.0 Å². The second-order valence-electron chi connectivity index (χ2n) is 3.13. The van der Waals surface area contributed by atoms with Crippen LogP contribution in [0.1, 0.15) is 19.3 Å². The van der Waals surface area contributed by atoms with Crippen LogP contribution in [-0.2, 0) is 4.79 Å². The largest absolute Gasteiger partial charge is 0.481 e. The molecule has 0 radical (unpaired) electrons. The highest BCUT2D eigenvalue weighted by atomic mass is 32.2. The highest BCUT2D eigenvalue weighted by Crippen LogP contribution is 2.08. The van der Waals surface area contributed by atoms with Crippen LogP contribution in [0.2, 0.25) is 0 Å². The first-order valence-electron chi connectivity index (χ1n) is 4.58. The van der Waals surface area contributed by atoms with E-state index in [9.17, 15) is 9.59 Å². The minimum absolute atomic E-state index is 0.181. The van der Waals surface area contributed by atoms with Gasteiger partial charge < -0.3 is 5.11 Å². The molecular weight excluding hydrogens is 204 g/mol. The van der Waals surface area contributed by atoms with Gasteiger partial charge in [0.25, 0.3) is 5.24 Å². The van der Waals surface area contributed by atoms with Gasteiger partial charge >= 0.3 is 5.97 Å². The maximum absolute atomic E-state index is 11.2. The summed E-state index contributed by atoms with van der Waals surface area (Å²) in [5.41, 5.74) is 2.67. The molecule has 2 N–H and O–H groups in total. The summed E-state index contributed by atoms with van der Waals surface area (Å²) in [6, 6.07) is 0. The number of hydrogen-bond donors (Lipinski definition) is 2. The fraction of sp³-hybridized carbons (Fsp3) is 0.750. The molecule has 0 atom stereocenters. The molecule has 0 aromatic heterocycles. The number of carbonyl (C=O) groups excluding carboxylic acids is 1. The van der Waals surface area contributed by atoms with E-state index in [1.54, 1.807) is 0 Å². The Morgan fingerprint density at radius 3 is 2.50 bits per heavy atom. The van der Waals surface area contributed by atoms with E-state index in [4.69, 9.17) is 5.11 Å². The summed E-state index contributed by atoms with van der Waals surface area (Å²) in [4.78, 5) is 21.3. The third-order valence-corrected chi connectivity index (χ3v) is 2.68. The van der Waals surface area contributed by atoms with Crippen LogP contribution < -0.4 is 5.43 Å². The fourth-order valence-electron chi connectivity index (χ4n) is 1.29. The standard InChI is InChI=1S/C8H14N2O3S/c11-7(12)6-14-8(13)9-10-4-2-1-3-5-10/h1-6H2,(H,9,13)(H,11,12). The predicted molar refractivity (Wildman–Crippen MR) is 54.0 cm³/mol. The summed E-state index contributed by atoms with van der Waals surface area (Å²) in [6.07, 6.45) is 3.38. The lowest BCUT2D eigenvalue weighted by atomic mass is 10.2. The van der Waals surface area contributed by atoms with Gasteiger partial charge in [-0.2, -0.15) is 0 Å². The lowest BCUT2D eigenvalue weighted by Gasteiger charge is -2.26. The van der Waals surface area contributed by atoms with E-state index in [1.807, 2.05) is 5.01 Å². The highest BCUT2D eigenvalue weighted by Gasteiger charge is 2.13. The number of carboxylic acids is 1. The Hall–Kier alpha value is -0.750. The van der Waals surface area contributed by atoms with Crippen molar-refractivity contribution in [3.8, 4) is 0 Å². The zero-order valence-corrected chi connectivity index (χ0v) is 8.68. The van der Waals surface area contributed by atoms with E-state index in [-0.39, 0.29) is 11.0 Å². The van der Waals surface area contributed by atoms with Crippen LogP contribution in [-0.4, -0.2) is 40.2 Å².